The highest BCUT2D eigenvalue weighted by molar-refractivity contribution is 5.45. The van der Waals surface area contributed by atoms with Crippen molar-refractivity contribution in [3.63, 3.8) is 0 Å². The molecule has 0 bridgehead atoms. The van der Waals surface area contributed by atoms with E-state index in [1.807, 2.05) is 0 Å². The average molecular weight is 194 g/mol. The molecule has 0 radical (unpaired) electrons. The molecule has 1 atom stereocenters. The number of hydrogen-bond donors (Lipinski definition) is 2. The summed E-state index contributed by atoms with van der Waals surface area (Å²) in [5.41, 5.74) is 7.11. The van der Waals surface area contributed by atoms with E-state index in [-0.39, 0.29) is 0 Å². The van der Waals surface area contributed by atoms with Gasteiger partial charge in [0.2, 0.25) is 0 Å². The van der Waals surface area contributed by atoms with E-state index < -0.39 is 6.10 Å². The Balaban J connectivity index is 2.51. The highest BCUT2D eigenvalue weighted by Gasteiger charge is 2.09. The van der Waals surface area contributed by atoms with Gasteiger partial charge in [-0.15, -0.1) is 0 Å². The molecular formula is C11H18N2O. The average Bonchev–Trinajstić information content (AvgIpc) is 2.18. The molecule has 1 unspecified atom stereocenters. The van der Waals surface area contributed by atoms with Gasteiger partial charge in [-0.1, -0.05) is 26.2 Å². The molecule has 0 aliphatic rings. The third kappa shape index (κ3) is 3.00. The van der Waals surface area contributed by atoms with Gasteiger partial charge in [0.05, 0.1) is 6.10 Å². The van der Waals surface area contributed by atoms with E-state index in [0.29, 0.717) is 5.69 Å². The van der Waals surface area contributed by atoms with Gasteiger partial charge in [-0.25, -0.2) is 0 Å². The predicted molar refractivity (Wildman–Crippen MR) is 57.8 cm³/mol. The second kappa shape index (κ2) is 5.60. The lowest BCUT2D eigenvalue weighted by molar-refractivity contribution is 0.164. The fraction of sp³-hybridized carbons (Fsp3) is 0.545. The van der Waals surface area contributed by atoms with Gasteiger partial charge in [0, 0.05) is 23.6 Å². The largest absolute Gasteiger partial charge is 0.398 e. The van der Waals surface area contributed by atoms with Crippen LogP contribution < -0.4 is 5.73 Å². The zero-order valence-corrected chi connectivity index (χ0v) is 8.61. The van der Waals surface area contributed by atoms with Gasteiger partial charge in [-0.2, -0.15) is 0 Å². The lowest BCUT2D eigenvalue weighted by atomic mass is 10.0. The smallest absolute Gasteiger partial charge is 0.0825 e. The maximum Gasteiger partial charge on any atom is 0.0825 e. The van der Waals surface area contributed by atoms with Crippen LogP contribution >= 0.6 is 0 Å². The second-order valence-corrected chi connectivity index (χ2v) is 3.52. The van der Waals surface area contributed by atoms with Crippen LogP contribution in [0.1, 0.15) is 44.3 Å². The highest BCUT2D eigenvalue weighted by Crippen LogP contribution is 2.23. The van der Waals surface area contributed by atoms with Crippen LogP contribution in [0.4, 0.5) is 5.69 Å². The first kappa shape index (κ1) is 11.0. The molecule has 0 saturated carbocycles. The van der Waals surface area contributed by atoms with Crippen molar-refractivity contribution in [1.82, 2.24) is 4.98 Å². The van der Waals surface area contributed by atoms with Crippen LogP contribution in [0.2, 0.25) is 0 Å². The van der Waals surface area contributed by atoms with Crippen molar-refractivity contribution in [2.45, 2.75) is 38.7 Å². The SMILES string of the molecule is CCCCCC(O)c1cnccc1N. The van der Waals surface area contributed by atoms with Crippen molar-refractivity contribution >= 4 is 5.69 Å². The Hall–Kier alpha value is -1.09. The van der Waals surface area contributed by atoms with Crippen molar-refractivity contribution < 1.29 is 5.11 Å². The number of anilines is 1. The first-order chi connectivity index (χ1) is 6.75. The first-order valence-electron chi connectivity index (χ1n) is 5.13. The molecule has 3 N–H and O–H groups in total. The van der Waals surface area contributed by atoms with Gasteiger partial charge >= 0.3 is 0 Å². The van der Waals surface area contributed by atoms with E-state index in [1.54, 1.807) is 18.5 Å². The summed E-state index contributed by atoms with van der Waals surface area (Å²) in [6.07, 6.45) is 6.93. The zero-order valence-electron chi connectivity index (χ0n) is 8.61. The second-order valence-electron chi connectivity index (χ2n) is 3.52. The zero-order chi connectivity index (χ0) is 10.4. The van der Waals surface area contributed by atoms with Crippen molar-refractivity contribution in [2.75, 3.05) is 5.73 Å². The molecule has 0 spiro atoms. The summed E-state index contributed by atoms with van der Waals surface area (Å²) >= 11 is 0. The van der Waals surface area contributed by atoms with Crippen molar-refractivity contribution in [1.29, 1.82) is 0 Å². The molecule has 14 heavy (non-hydrogen) atoms. The number of nitrogens with zero attached hydrogens (tertiary/aromatic N) is 1. The van der Waals surface area contributed by atoms with E-state index in [0.717, 1.165) is 31.2 Å². The van der Waals surface area contributed by atoms with Crippen LogP contribution in [0.15, 0.2) is 18.5 Å². The standard InChI is InChI=1S/C11H18N2O/c1-2-3-4-5-11(14)9-8-13-7-6-10(9)12/h6-8,11,14H,2-5H2,1H3,(H2,12,13). The molecule has 0 saturated heterocycles. The molecule has 0 aliphatic heterocycles. The van der Waals surface area contributed by atoms with Gasteiger partial charge in [0.25, 0.3) is 0 Å². The third-order valence-electron chi connectivity index (χ3n) is 2.33. The Labute approximate surface area is 85.0 Å². The maximum atomic E-state index is 9.81. The topological polar surface area (TPSA) is 59.1 Å². The van der Waals surface area contributed by atoms with Crippen molar-refractivity contribution in [3.05, 3.63) is 24.0 Å². The number of nitrogen functional groups attached to an aromatic ring is 1. The maximum absolute atomic E-state index is 9.81. The molecule has 3 nitrogen and oxygen atoms in total. The van der Waals surface area contributed by atoms with E-state index in [9.17, 15) is 5.11 Å². The van der Waals surface area contributed by atoms with Crippen LogP contribution in [0.25, 0.3) is 0 Å². The van der Waals surface area contributed by atoms with Gasteiger partial charge in [0.1, 0.15) is 0 Å². The molecule has 0 fully saturated rings. The predicted octanol–water partition coefficient (Wildman–Crippen LogP) is 2.28. The van der Waals surface area contributed by atoms with Crippen molar-refractivity contribution in [3.8, 4) is 0 Å². The number of rotatable bonds is 5. The van der Waals surface area contributed by atoms with E-state index >= 15 is 0 Å². The Morgan fingerprint density at radius 2 is 2.29 bits per heavy atom. The minimum atomic E-state index is -0.463. The Morgan fingerprint density at radius 3 is 2.93 bits per heavy atom. The Kier molecular flexibility index (Phi) is 4.40. The van der Waals surface area contributed by atoms with Crippen LogP contribution in [0.5, 0.6) is 0 Å². The number of pyridine rings is 1. The lowest BCUT2D eigenvalue weighted by Crippen LogP contribution is -2.02. The quantitative estimate of drug-likeness (QED) is 0.707. The normalized spacial score (nSPS) is 12.7. The van der Waals surface area contributed by atoms with E-state index in [4.69, 9.17) is 5.73 Å². The highest BCUT2D eigenvalue weighted by atomic mass is 16.3. The summed E-state index contributed by atoms with van der Waals surface area (Å²) in [7, 11) is 0. The Bertz CT molecular complexity index is 276. The van der Waals surface area contributed by atoms with Crippen LogP contribution in [-0.4, -0.2) is 10.1 Å². The number of hydrogen-bond acceptors (Lipinski definition) is 3. The third-order valence-corrected chi connectivity index (χ3v) is 2.33. The van der Waals surface area contributed by atoms with Crippen LogP contribution in [0.3, 0.4) is 0 Å². The fourth-order valence-electron chi connectivity index (χ4n) is 1.44. The molecule has 1 aromatic rings. The number of nitrogens with two attached hydrogens (primary N) is 1. The monoisotopic (exact) mass is 194 g/mol. The minimum absolute atomic E-state index is 0.463. The van der Waals surface area contributed by atoms with Gasteiger partial charge < -0.3 is 10.8 Å². The summed E-state index contributed by atoms with van der Waals surface area (Å²) in [6.45, 7) is 2.14. The fourth-order valence-corrected chi connectivity index (χ4v) is 1.44. The number of unbranched alkanes of at least 4 members (excludes halogenated alkanes) is 2. The molecule has 78 valence electrons. The molecule has 0 aromatic carbocycles. The van der Waals surface area contributed by atoms with Gasteiger partial charge in [0.15, 0.2) is 0 Å². The van der Waals surface area contributed by atoms with E-state index in [2.05, 4.69) is 11.9 Å². The van der Waals surface area contributed by atoms with Gasteiger partial charge in [-0.3, -0.25) is 4.98 Å². The van der Waals surface area contributed by atoms with Gasteiger partial charge in [-0.05, 0) is 12.5 Å². The summed E-state index contributed by atoms with van der Waals surface area (Å²) < 4.78 is 0. The van der Waals surface area contributed by atoms with E-state index in [1.165, 1.54) is 0 Å². The molecular weight excluding hydrogens is 176 g/mol. The van der Waals surface area contributed by atoms with Crippen LogP contribution in [0, 0.1) is 0 Å². The number of aromatic nitrogens is 1. The molecule has 1 rings (SSSR count). The minimum Gasteiger partial charge on any atom is -0.398 e. The molecule has 1 aromatic heterocycles. The lowest BCUT2D eigenvalue weighted by Gasteiger charge is -2.11. The molecule has 0 amide bonds. The van der Waals surface area contributed by atoms with Crippen LogP contribution in [-0.2, 0) is 0 Å². The number of aliphatic hydroxyl groups excluding tert-OH is 1. The molecule has 1 heterocycles. The molecule has 3 heteroatoms. The Morgan fingerprint density at radius 1 is 1.50 bits per heavy atom. The summed E-state index contributed by atoms with van der Waals surface area (Å²) in [4.78, 5) is 3.95. The summed E-state index contributed by atoms with van der Waals surface area (Å²) in [5, 5.41) is 9.81. The van der Waals surface area contributed by atoms with Crippen molar-refractivity contribution in [2.24, 2.45) is 0 Å². The summed E-state index contributed by atoms with van der Waals surface area (Å²) in [6, 6.07) is 1.72. The first-order valence-corrected chi connectivity index (χ1v) is 5.13. The molecule has 0 aliphatic carbocycles. The summed E-state index contributed by atoms with van der Waals surface area (Å²) in [5.74, 6) is 0. The number of aliphatic hydroxyl groups is 1.